The van der Waals surface area contributed by atoms with Crippen LogP contribution in [0.25, 0.3) is 0 Å². The maximum absolute atomic E-state index is 10.9. The normalized spacial score (nSPS) is 20.9. The zero-order chi connectivity index (χ0) is 17.1. The molecule has 0 aromatic heterocycles. The van der Waals surface area contributed by atoms with Crippen molar-refractivity contribution in [2.75, 3.05) is 6.61 Å². The summed E-state index contributed by atoms with van der Waals surface area (Å²) in [5.41, 5.74) is 0. The molecule has 0 aromatic carbocycles. The Kier molecular flexibility index (Phi) is 10.5. The van der Waals surface area contributed by atoms with Crippen LogP contribution in [0.2, 0.25) is 13.3 Å². The molecule has 4 heteroatoms. The van der Waals surface area contributed by atoms with Crippen LogP contribution in [-0.2, 0) is 14.3 Å². The summed E-state index contributed by atoms with van der Waals surface area (Å²) in [5.74, 6) is -0.217. The Labute approximate surface area is 147 Å². The third-order valence-electron chi connectivity index (χ3n) is 4.80. The fourth-order valence-corrected chi connectivity index (χ4v) is 17.5. The number of hydrogen-bond acceptors (Lipinski definition) is 3. The van der Waals surface area contributed by atoms with Gasteiger partial charge in [-0.1, -0.05) is 0 Å². The summed E-state index contributed by atoms with van der Waals surface area (Å²) in [6, 6.07) is 0. The molecule has 3 nitrogen and oxygen atoms in total. The Morgan fingerprint density at radius 2 is 1.57 bits per heavy atom. The van der Waals surface area contributed by atoms with E-state index in [1.807, 2.05) is 0 Å². The summed E-state index contributed by atoms with van der Waals surface area (Å²) in [7, 11) is 0. The van der Waals surface area contributed by atoms with E-state index >= 15 is 0 Å². The van der Waals surface area contributed by atoms with Crippen molar-refractivity contribution in [2.45, 2.75) is 91.7 Å². The van der Waals surface area contributed by atoms with E-state index in [1.54, 1.807) is 0 Å². The third kappa shape index (κ3) is 8.57. The molecular weight excluding hydrogens is 395 g/mol. The van der Waals surface area contributed by atoms with Crippen LogP contribution in [0, 0.1) is 0 Å². The minimum atomic E-state index is -2.17. The van der Waals surface area contributed by atoms with Gasteiger partial charge in [0, 0.05) is 0 Å². The van der Waals surface area contributed by atoms with Crippen molar-refractivity contribution in [2.24, 2.45) is 0 Å². The van der Waals surface area contributed by atoms with Gasteiger partial charge in [-0.25, -0.2) is 0 Å². The number of ether oxygens (including phenoxy) is 2. The van der Waals surface area contributed by atoms with Gasteiger partial charge in [-0.3, -0.25) is 0 Å². The molecule has 1 rings (SSSR count). The van der Waals surface area contributed by atoms with Crippen molar-refractivity contribution in [1.29, 1.82) is 0 Å². The summed E-state index contributed by atoms with van der Waals surface area (Å²) >= 11 is -2.17. The molecule has 0 aromatic rings. The second-order valence-corrected chi connectivity index (χ2v) is 20.0. The first-order valence-corrected chi connectivity index (χ1v) is 17.2. The number of esters is 1. The number of hydrogen-bond donors (Lipinski definition) is 0. The average Bonchev–Trinajstić information content (AvgIpc) is 3.30. The quantitative estimate of drug-likeness (QED) is 0.227. The third-order valence-corrected chi connectivity index (χ3v) is 18.9. The van der Waals surface area contributed by atoms with E-state index in [0.29, 0.717) is 6.61 Å². The van der Waals surface area contributed by atoms with Crippen LogP contribution in [-0.4, -0.2) is 43.2 Å². The maximum atomic E-state index is 10.9. The molecule has 1 aliphatic heterocycles. The Balaban J connectivity index is 2.62. The zero-order valence-corrected chi connectivity index (χ0v) is 18.5. The number of unbranched alkanes of at least 4 members (excludes halogenated alkanes) is 3. The molecule has 2 atom stereocenters. The fourth-order valence-electron chi connectivity index (χ4n) is 3.17. The molecule has 0 aliphatic carbocycles. The molecule has 1 aliphatic rings. The van der Waals surface area contributed by atoms with Crippen LogP contribution in [0.15, 0.2) is 10.2 Å². The topological polar surface area (TPSA) is 38.8 Å². The molecule has 1 fully saturated rings. The van der Waals surface area contributed by atoms with Gasteiger partial charge in [-0.15, -0.1) is 0 Å². The predicted octanol–water partition coefficient (Wildman–Crippen LogP) is 5.26. The summed E-state index contributed by atoms with van der Waals surface area (Å²) in [6.45, 7) is 8.78. The van der Waals surface area contributed by atoms with Gasteiger partial charge in [0.15, 0.2) is 0 Å². The van der Waals surface area contributed by atoms with E-state index in [9.17, 15) is 4.79 Å². The van der Waals surface area contributed by atoms with E-state index in [1.165, 1.54) is 58.8 Å². The van der Waals surface area contributed by atoms with Gasteiger partial charge < -0.3 is 0 Å². The molecule has 0 unspecified atom stereocenters. The Morgan fingerprint density at radius 3 is 2.00 bits per heavy atom. The molecule has 23 heavy (non-hydrogen) atoms. The molecule has 0 amide bonds. The molecular formula is C19H36O3Sn. The molecule has 0 bridgehead atoms. The van der Waals surface area contributed by atoms with Crippen LogP contribution in [0.5, 0.6) is 0 Å². The van der Waals surface area contributed by atoms with E-state index in [-0.39, 0.29) is 18.2 Å². The molecule has 1 heterocycles. The second kappa shape index (κ2) is 11.5. The number of rotatable bonds is 13. The summed E-state index contributed by atoms with van der Waals surface area (Å²) in [6.07, 6.45) is 10.7. The molecule has 0 N–H and O–H groups in total. The fraction of sp³-hybridized carbons (Fsp3) is 0.842. The first kappa shape index (κ1) is 21.0. The van der Waals surface area contributed by atoms with Crippen LogP contribution in [0.4, 0.5) is 0 Å². The SMILES string of the molecule is CCC[CH2][Sn](/[CH]=C/[C@H]1O[C@H]1COC(C)=O)([CH2]CCC)[CH2]CCC. The number of carbonyl (C=O) groups excluding carboxylic acids is 1. The average molecular weight is 431 g/mol. The van der Waals surface area contributed by atoms with Crippen molar-refractivity contribution in [3.8, 4) is 0 Å². The summed E-state index contributed by atoms with van der Waals surface area (Å²) < 4.78 is 17.8. The monoisotopic (exact) mass is 432 g/mol. The van der Waals surface area contributed by atoms with Gasteiger partial charge in [0.2, 0.25) is 0 Å². The van der Waals surface area contributed by atoms with Crippen LogP contribution < -0.4 is 0 Å². The van der Waals surface area contributed by atoms with Crippen molar-refractivity contribution in [3.05, 3.63) is 10.2 Å². The molecule has 134 valence electrons. The van der Waals surface area contributed by atoms with Gasteiger partial charge in [0.1, 0.15) is 0 Å². The van der Waals surface area contributed by atoms with E-state index in [2.05, 4.69) is 30.9 Å². The predicted molar refractivity (Wildman–Crippen MR) is 99.3 cm³/mol. The number of epoxide rings is 1. The van der Waals surface area contributed by atoms with Gasteiger partial charge in [0.25, 0.3) is 0 Å². The van der Waals surface area contributed by atoms with Gasteiger partial charge in [0.05, 0.1) is 0 Å². The van der Waals surface area contributed by atoms with Crippen molar-refractivity contribution < 1.29 is 14.3 Å². The zero-order valence-electron chi connectivity index (χ0n) is 15.6. The molecule has 1 saturated heterocycles. The molecule has 0 saturated carbocycles. The van der Waals surface area contributed by atoms with Gasteiger partial charge >= 0.3 is 147 Å². The first-order chi connectivity index (χ1) is 11.1. The van der Waals surface area contributed by atoms with E-state index < -0.39 is 18.4 Å². The first-order valence-electron chi connectivity index (χ1n) is 9.55. The van der Waals surface area contributed by atoms with Crippen LogP contribution in [0.3, 0.4) is 0 Å². The summed E-state index contributed by atoms with van der Waals surface area (Å²) in [5, 5.41) is 0. The van der Waals surface area contributed by atoms with Gasteiger partial charge in [-0.2, -0.15) is 0 Å². The minimum absolute atomic E-state index is 0.0997. The summed E-state index contributed by atoms with van der Waals surface area (Å²) in [4.78, 5) is 10.9. The Hall–Kier alpha value is -0.0313. The van der Waals surface area contributed by atoms with Gasteiger partial charge in [-0.05, 0) is 0 Å². The second-order valence-electron chi connectivity index (χ2n) is 6.97. The van der Waals surface area contributed by atoms with Crippen molar-refractivity contribution >= 4 is 24.3 Å². The van der Waals surface area contributed by atoms with E-state index in [0.717, 1.165) is 0 Å². The van der Waals surface area contributed by atoms with Crippen LogP contribution >= 0.6 is 0 Å². The van der Waals surface area contributed by atoms with E-state index in [4.69, 9.17) is 9.47 Å². The number of carbonyl (C=O) groups is 1. The Morgan fingerprint density at radius 1 is 1.04 bits per heavy atom. The van der Waals surface area contributed by atoms with Crippen molar-refractivity contribution in [3.63, 3.8) is 0 Å². The van der Waals surface area contributed by atoms with Crippen molar-refractivity contribution in [1.82, 2.24) is 0 Å². The van der Waals surface area contributed by atoms with Crippen LogP contribution in [0.1, 0.15) is 66.2 Å². The Bertz CT molecular complexity index is 346. The molecule has 0 radical (unpaired) electrons. The molecule has 0 spiro atoms. The standard InChI is InChI=1S/C7H9O3.3C4H9.Sn/c1-3-6-7(10-6)4-9-5(2)8;3*1-3-4-2;/h1,3,6-7H,4H2,2H3;3*1,3-4H2,2H3;/t6-,7+;;;;/m1..../s1.